The number of rotatable bonds is 2. The van der Waals surface area contributed by atoms with Gasteiger partial charge in [0.2, 0.25) is 5.91 Å². The van der Waals surface area contributed by atoms with Gasteiger partial charge in [-0.2, -0.15) is 5.26 Å². The second-order valence-corrected chi connectivity index (χ2v) is 5.84. The Labute approximate surface area is 125 Å². The van der Waals surface area contributed by atoms with Gasteiger partial charge in [0.05, 0.1) is 17.6 Å². The van der Waals surface area contributed by atoms with Crippen molar-refractivity contribution < 1.29 is 4.79 Å². The lowest BCUT2D eigenvalue weighted by Gasteiger charge is -2.35. The molecule has 0 unspecified atom stereocenters. The van der Waals surface area contributed by atoms with E-state index in [0.717, 1.165) is 44.6 Å². The third-order valence-corrected chi connectivity index (χ3v) is 4.62. The van der Waals surface area contributed by atoms with Crippen LogP contribution in [0.3, 0.4) is 0 Å². The van der Waals surface area contributed by atoms with E-state index in [1.165, 1.54) is 0 Å². The molecule has 0 saturated carbocycles. The molecule has 0 spiro atoms. The number of carbonyl (C=O) groups is 1. The summed E-state index contributed by atoms with van der Waals surface area (Å²) in [7, 11) is 0. The van der Waals surface area contributed by atoms with Crippen molar-refractivity contribution in [3.05, 3.63) is 23.9 Å². The molecular weight excluding hydrogens is 264 g/mol. The summed E-state index contributed by atoms with van der Waals surface area (Å²) < 4.78 is 0. The molecule has 2 aliphatic heterocycles. The van der Waals surface area contributed by atoms with Crippen LogP contribution in [0.4, 0.5) is 5.82 Å². The van der Waals surface area contributed by atoms with Crippen molar-refractivity contribution in [2.24, 2.45) is 0 Å². The number of carbonyl (C=O) groups excluding carboxylic acids is 1. The highest BCUT2D eigenvalue weighted by molar-refractivity contribution is 5.74. The van der Waals surface area contributed by atoms with Crippen LogP contribution in [0.5, 0.6) is 0 Å². The van der Waals surface area contributed by atoms with Gasteiger partial charge in [-0.1, -0.05) is 0 Å². The van der Waals surface area contributed by atoms with Crippen LogP contribution >= 0.6 is 0 Å². The van der Waals surface area contributed by atoms with Crippen molar-refractivity contribution in [2.75, 3.05) is 18.0 Å². The molecule has 21 heavy (non-hydrogen) atoms. The fourth-order valence-corrected chi connectivity index (χ4v) is 3.68. The molecule has 5 nitrogen and oxygen atoms in total. The highest BCUT2D eigenvalue weighted by Crippen LogP contribution is 2.32. The number of pyridine rings is 1. The van der Waals surface area contributed by atoms with Gasteiger partial charge in [-0.05, 0) is 37.8 Å². The lowest BCUT2D eigenvalue weighted by molar-refractivity contribution is -0.129. The van der Waals surface area contributed by atoms with Crippen LogP contribution < -0.4 is 4.90 Å². The Morgan fingerprint density at radius 2 is 2.05 bits per heavy atom. The lowest BCUT2D eigenvalue weighted by Crippen LogP contribution is -2.48. The van der Waals surface area contributed by atoms with Gasteiger partial charge in [0, 0.05) is 26.2 Å². The minimum Gasteiger partial charge on any atom is -0.352 e. The first-order valence-corrected chi connectivity index (χ1v) is 7.60. The van der Waals surface area contributed by atoms with Gasteiger partial charge >= 0.3 is 0 Å². The third kappa shape index (κ3) is 2.58. The summed E-state index contributed by atoms with van der Waals surface area (Å²) in [4.78, 5) is 20.6. The summed E-state index contributed by atoms with van der Waals surface area (Å²) >= 11 is 0. The smallest absolute Gasteiger partial charge is 0.219 e. The molecule has 2 atom stereocenters. The molecule has 0 bridgehead atoms. The van der Waals surface area contributed by atoms with Gasteiger partial charge in [0.1, 0.15) is 11.9 Å². The molecule has 3 rings (SSSR count). The number of nitrogens with zero attached hydrogens (tertiary/aromatic N) is 4. The molecule has 2 saturated heterocycles. The van der Waals surface area contributed by atoms with E-state index in [-0.39, 0.29) is 5.91 Å². The number of amides is 1. The maximum atomic E-state index is 11.8. The van der Waals surface area contributed by atoms with E-state index in [4.69, 9.17) is 5.26 Å². The van der Waals surface area contributed by atoms with Gasteiger partial charge in [0.25, 0.3) is 0 Å². The molecule has 0 aliphatic carbocycles. The highest BCUT2D eigenvalue weighted by Gasteiger charge is 2.39. The average Bonchev–Trinajstić information content (AvgIpc) is 3.15. The molecule has 1 aromatic rings. The van der Waals surface area contributed by atoms with Crippen molar-refractivity contribution in [1.29, 1.82) is 5.26 Å². The van der Waals surface area contributed by atoms with Gasteiger partial charge in [0.15, 0.2) is 0 Å². The molecule has 5 heteroatoms. The molecular formula is C16H20N4O. The maximum absolute atomic E-state index is 11.8. The Bertz CT molecular complexity index is 563. The summed E-state index contributed by atoms with van der Waals surface area (Å²) in [5, 5.41) is 8.87. The predicted octanol–water partition coefficient (Wildman–Crippen LogP) is 1.93. The van der Waals surface area contributed by atoms with Crippen molar-refractivity contribution in [1.82, 2.24) is 9.88 Å². The highest BCUT2D eigenvalue weighted by atomic mass is 16.2. The first-order valence-electron chi connectivity index (χ1n) is 7.60. The number of aromatic nitrogens is 1. The topological polar surface area (TPSA) is 60.2 Å². The summed E-state index contributed by atoms with van der Waals surface area (Å²) in [6, 6.07) is 6.50. The average molecular weight is 284 g/mol. The lowest BCUT2D eigenvalue weighted by atomic mass is 10.0. The Kier molecular flexibility index (Phi) is 3.78. The summed E-state index contributed by atoms with van der Waals surface area (Å²) in [5.74, 6) is 1.10. The van der Waals surface area contributed by atoms with Crippen molar-refractivity contribution in [3.8, 4) is 6.07 Å². The van der Waals surface area contributed by atoms with Crippen LogP contribution in [0.2, 0.25) is 0 Å². The van der Waals surface area contributed by atoms with E-state index >= 15 is 0 Å². The molecule has 110 valence electrons. The van der Waals surface area contributed by atoms with E-state index in [1.807, 2.05) is 17.0 Å². The fraction of sp³-hybridized carbons (Fsp3) is 0.562. The Balaban J connectivity index is 1.81. The van der Waals surface area contributed by atoms with Crippen LogP contribution in [0.15, 0.2) is 18.3 Å². The van der Waals surface area contributed by atoms with Gasteiger partial charge in [-0.15, -0.1) is 0 Å². The summed E-state index contributed by atoms with van der Waals surface area (Å²) in [6.45, 7) is 3.52. The summed E-state index contributed by atoms with van der Waals surface area (Å²) in [6.07, 6.45) is 6.04. The fourth-order valence-electron chi connectivity index (χ4n) is 3.68. The molecule has 0 radical (unpaired) electrons. The molecule has 2 fully saturated rings. The van der Waals surface area contributed by atoms with Gasteiger partial charge < -0.3 is 9.80 Å². The molecule has 0 N–H and O–H groups in total. The zero-order valence-electron chi connectivity index (χ0n) is 12.3. The number of nitriles is 1. The monoisotopic (exact) mass is 284 g/mol. The van der Waals surface area contributed by atoms with Crippen LogP contribution in [-0.4, -0.2) is 41.0 Å². The van der Waals surface area contributed by atoms with Gasteiger partial charge in [-0.25, -0.2) is 4.98 Å². The molecule has 1 aromatic heterocycles. The van der Waals surface area contributed by atoms with Crippen LogP contribution in [0.25, 0.3) is 0 Å². The van der Waals surface area contributed by atoms with E-state index < -0.39 is 0 Å². The molecule has 0 aromatic carbocycles. The molecule has 2 aliphatic rings. The zero-order chi connectivity index (χ0) is 14.8. The SMILES string of the molecule is CC(=O)N1CCC[C@H]1[C@H]1CCCN1c1ccc(C#N)cn1. The van der Waals surface area contributed by atoms with Gasteiger partial charge in [-0.3, -0.25) is 4.79 Å². The number of hydrogen-bond acceptors (Lipinski definition) is 4. The number of likely N-dealkylation sites (tertiary alicyclic amines) is 1. The number of hydrogen-bond donors (Lipinski definition) is 0. The van der Waals surface area contributed by atoms with Crippen molar-refractivity contribution >= 4 is 11.7 Å². The second-order valence-electron chi connectivity index (χ2n) is 5.84. The van der Waals surface area contributed by atoms with E-state index in [2.05, 4.69) is 16.0 Å². The molecule has 3 heterocycles. The maximum Gasteiger partial charge on any atom is 0.219 e. The molecule has 1 amide bonds. The quantitative estimate of drug-likeness (QED) is 0.832. The van der Waals surface area contributed by atoms with E-state index in [0.29, 0.717) is 17.6 Å². The number of anilines is 1. The van der Waals surface area contributed by atoms with Crippen molar-refractivity contribution in [2.45, 2.75) is 44.7 Å². The minimum absolute atomic E-state index is 0.178. The van der Waals surface area contributed by atoms with E-state index in [9.17, 15) is 4.79 Å². The van der Waals surface area contributed by atoms with Crippen LogP contribution in [0, 0.1) is 11.3 Å². The predicted molar refractivity (Wildman–Crippen MR) is 79.7 cm³/mol. The zero-order valence-corrected chi connectivity index (χ0v) is 12.3. The Morgan fingerprint density at radius 1 is 1.29 bits per heavy atom. The first-order chi connectivity index (χ1) is 10.2. The Morgan fingerprint density at radius 3 is 2.71 bits per heavy atom. The first kappa shape index (κ1) is 13.9. The second kappa shape index (κ2) is 5.72. The van der Waals surface area contributed by atoms with E-state index in [1.54, 1.807) is 13.1 Å². The van der Waals surface area contributed by atoms with Crippen LogP contribution in [-0.2, 0) is 4.79 Å². The minimum atomic E-state index is 0.178. The largest absolute Gasteiger partial charge is 0.352 e. The third-order valence-electron chi connectivity index (χ3n) is 4.62. The Hall–Kier alpha value is -2.09. The van der Waals surface area contributed by atoms with Crippen molar-refractivity contribution in [3.63, 3.8) is 0 Å². The van der Waals surface area contributed by atoms with Crippen LogP contribution in [0.1, 0.15) is 38.2 Å². The standard InChI is InChI=1S/C16H20N4O/c1-12(21)19-8-2-4-14(19)15-5-3-9-20(15)16-7-6-13(10-17)11-18-16/h6-7,11,14-15H,2-5,8-9H2,1H3/t14-,15+/m0/s1. The normalized spacial score (nSPS) is 25.1. The summed E-state index contributed by atoms with van der Waals surface area (Å²) in [5.41, 5.74) is 0.584.